The highest BCUT2D eigenvalue weighted by Crippen LogP contribution is 2.13. The zero-order chi connectivity index (χ0) is 12.5. The lowest BCUT2D eigenvalue weighted by molar-refractivity contribution is -0.117. The Kier molecular flexibility index (Phi) is 5.61. The van der Waals surface area contributed by atoms with Crippen LogP contribution in [0.3, 0.4) is 0 Å². The molecule has 1 rings (SSSR count). The Labute approximate surface area is 100 Å². The van der Waals surface area contributed by atoms with E-state index in [1.54, 1.807) is 7.11 Å². The maximum absolute atomic E-state index is 11.2. The summed E-state index contributed by atoms with van der Waals surface area (Å²) in [5.74, 6) is 0.810. The van der Waals surface area contributed by atoms with Crippen molar-refractivity contribution in [3.05, 3.63) is 40.3 Å². The van der Waals surface area contributed by atoms with Crippen LogP contribution in [0.4, 0.5) is 0 Å². The Morgan fingerprint density at radius 1 is 1.41 bits per heavy atom. The average Bonchev–Trinajstić information content (AvgIpc) is 2.37. The molecule has 0 aliphatic rings. The number of hydrogen-bond acceptors (Lipinski definition) is 3. The van der Waals surface area contributed by atoms with E-state index in [-0.39, 0.29) is 12.3 Å². The van der Waals surface area contributed by atoms with Gasteiger partial charge in [0.05, 0.1) is 13.7 Å². The summed E-state index contributed by atoms with van der Waals surface area (Å²) in [6.45, 7) is -0.0425. The van der Waals surface area contributed by atoms with Crippen LogP contribution in [-0.4, -0.2) is 19.4 Å². The number of benzene rings is 1. The summed E-state index contributed by atoms with van der Waals surface area (Å²) in [4.78, 5) is 13.8. The van der Waals surface area contributed by atoms with E-state index in [0.717, 1.165) is 18.6 Å². The number of azide groups is 1. The van der Waals surface area contributed by atoms with Gasteiger partial charge in [0.25, 0.3) is 0 Å². The normalized spacial score (nSPS) is 9.47. The summed E-state index contributed by atoms with van der Waals surface area (Å²) >= 11 is 0. The molecular formula is C12H15N3O2. The molecule has 0 heterocycles. The number of Topliss-reactive ketones (excluding diaryl/α,β-unsaturated/α-hetero) is 1. The minimum Gasteiger partial charge on any atom is -0.497 e. The van der Waals surface area contributed by atoms with E-state index in [2.05, 4.69) is 10.0 Å². The van der Waals surface area contributed by atoms with Crippen LogP contribution >= 0.6 is 0 Å². The van der Waals surface area contributed by atoms with Crippen LogP contribution in [0.15, 0.2) is 29.4 Å². The van der Waals surface area contributed by atoms with Gasteiger partial charge in [-0.3, -0.25) is 4.79 Å². The number of methoxy groups -OCH3 is 1. The van der Waals surface area contributed by atoms with Gasteiger partial charge in [0.15, 0.2) is 0 Å². The molecule has 0 saturated carbocycles. The van der Waals surface area contributed by atoms with Crippen LogP contribution in [0.1, 0.15) is 18.4 Å². The van der Waals surface area contributed by atoms with Gasteiger partial charge >= 0.3 is 0 Å². The van der Waals surface area contributed by atoms with E-state index in [1.165, 1.54) is 5.56 Å². The van der Waals surface area contributed by atoms with Gasteiger partial charge in [0, 0.05) is 11.3 Å². The van der Waals surface area contributed by atoms with E-state index in [4.69, 9.17) is 10.3 Å². The van der Waals surface area contributed by atoms with Crippen LogP contribution in [-0.2, 0) is 11.2 Å². The summed E-state index contributed by atoms with van der Waals surface area (Å²) in [5.41, 5.74) is 9.23. The van der Waals surface area contributed by atoms with Crippen molar-refractivity contribution in [1.29, 1.82) is 0 Å². The molecule has 0 spiro atoms. The second-order valence-electron chi connectivity index (χ2n) is 3.63. The van der Waals surface area contributed by atoms with E-state index < -0.39 is 0 Å². The lowest BCUT2D eigenvalue weighted by Gasteiger charge is -2.02. The second kappa shape index (κ2) is 7.30. The zero-order valence-electron chi connectivity index (χ0n) is 9.80. The van der Waals surface area contributed by atoms with Crippen LogP contribution in [0, 0.1) is 0 Å². The third-order valence-electron chi connectivity index (χ3n) is 2.39. The van der Waals surface area contributed by atoms with E-state index >= 15 is 0 Å². The molecule has 5 nitrogen and oxygen atoms in total. The molecule has 0 bridgehead atoms. The molecule has 1 aromatic rings. The maximum Gasteiger partial charge on any atom is 0.138 e. The van der Waals surface area contributed by atoms with Crippen LogP contribution in [0.2, 0.25) is 0 Å². The minimum atomic E-state index is -0.0425. The van der Waals surface area contributed by atoms with Crippen LogP contribution in [0.5, 0.6) is 5.75 Å². The Balaban J connectivity index is 2.30. The summed E-state index contributed by atoms with van der Waals surface area (Å²) < 4.78 is 5.06. The molecule has 0 aliphatic carbocycles. The first-order valence-corrected chi connectivity index (χ1v) is 5.41. The lowest BCUT2D eigenvalue weighted by atomic mass is 10.1. The van der Waals surface area contributed by atoms with Gasteiger partial charge in [-0.1, -0.05) is 17.2 Å². The van der Waals surface area contributed by atoms with Gasteiger partial charge in [0.1, 0.15) is 11.5 Å². The number of hydrogen-bond donors (Lipinski definition) is 0. The smallest absolute Gasteiger partial charge is 0.138 e. The first-order valence-electron chi connectivity index (χ1n) is 5.41. The van der Waals surface area contributed by atoms with Gasteiger partial charge in [-0.15, -0.1) is 0 Å². The molecule has 17 heavy (non-hydrogen) atoms. The number of carbonyl (C=O) groups is 1. The molecule has 0 aliphatic heterocycles. The highest BCUT2D eigenvalue weighted by Gasteiger charge is 2.00. The molecule has 0 saturated heterocycles. The third-order valence-corrected chi connectivity index (χ3v) is 2.39. The molecule has 5 heteroatoms. The SMILES string of the molecule is COc1ccc(CCCC(=O)CN=[N+]=[N-])cc1. The Morgan fingerprint density at radius 2 is 2.12 bits per heavy atom. The van der Waals surface area contributed by atoms with Crippen molar-refractivity contribution in [3.8, 4) is 5.75 Å². The fraction of sp³-hybridized carbons (Fsp3) is 0.417. The van der Waals surface area contributed by atoms with Crippen molar-refractivity contribution in [2.75, 3.05) is 13.7 Å². The quantitative estimate of drug-likeness (QED) is 0.412. The molecular weight excluding hydrogens is 218 g/mol. The Morgan fingerprint density at radius 3 is 2.71 bits per heavy atom. The molecule has 0 fully saturated rings. The molecule has 90 valence electrons. The van der Waals surface area contributed by atoms with Crippen molar-refractivity contribution in [3.63, 3.8) is 0 Å². The first-order chi connectivity index (χ1) is 8.26. The van der Waals surface area contributed by atoms with E-state index in [0.29, 0.717) is 6.42 Å². The summed E-state index contributed by atoms with van der Waals surface area (Å²) in [5, 5.41) is 3.23. The van der Waals surface area contributed by atoms with Crippen LogP contribution < -0.4 is 4.74 Å². The standard InChI is InChI=1S/C12H15N3O2/c1-17-12-7-5-10(6-8-12)3-2-4-11(16)9-14-15-13/h5-8H,2-4,9H2,1H3. The Hall–Kier alpha value is -2.00. The topological polar surface area (TPSA) is 75.1 Å². The minimum absolute atomic E-state index is 0.0173. The van der Waals surface area contributed by atoms with Crippen molar-refractivity contribution in [2.24, 2.45) is 5.11 Å². The average molecular weight is 233 g/mol. The summed E-state index contributed by atoms with van der Waals surface area (Å²) in [6, 6.07) is 7.77. The number of aryl methyl sites for hydroxylation is 1. The highest BCUT2D eigenvalue weighted by molar-refractivity contribution is 5.80. The predicted octanol–water partition coefficient (Wildman–Crippen LogP) is 2.90. The predicted molar refractivity (Wildman–Crippen MR) is 65.0 cm³/mol. The summed E-state index contributed by atoms with van der Waals surface area (Å²) in [6.07, 6.45) is 2.06. The largest absolute Gasteiger partial charge is 0.497 e. The van der Waals surface area contributed by atoms with Gasteiger partial charge in [-0.25, -0.2) is 0 Å². The molecule has 0 N–H and O–H groups in total. The molecule has 0 radical (unpaired) electrons. The van der Waals surface area contributed by atoms with E-state index in [9.17, 15) is 4.79 Å². The van der Waals surface area contributed by atoms with E-state index in [1.807, 2.05) is 24.3 Å². The van der Waals surface area contributed by atoms with Crippen molar-refractivity contribution in [1.82, 2.24) is 0 Å². The van der Waals surface area contributed by atoms with Crippen LogP contribution in [0.25, 0.3) is 10.4 Å². The number of rotatable bonds is 7. The van der Waals surface area contributed by atoms with Crippen molar-refractivity contribution in [2.45, 2.75) is 19.3 Å². The number of nitrogens with zero attached hydrogens (tertiary/aromatic N) is 3. The highest BCUT2D eigenvalue weighted by atomic mass is 16.5. The first kappa shape index (κ1) is 13.1. The fourth-order valence-electron chi connectivity index (χ4n) is 1.47. The fourth-order valence-corrected chi connectivity index (χ4v) is 1.47. The lowest BCUT2D eigenvalue weighted by Crippen LogP contribution is -2.02. The van der Waals surface area contributed by atoms with Gasteiger partial charge in [0.2, 0.25) is 0 Å². The molecule has 0 aromatic heterocycles. The van der Waals surface area contributed by atoms with Gasteiger partial charge in [-0.2, -0.15) is 0 Å². The van der Waals surface area contributed by atoms with Gasteiger partial charge in [-0.05, 0) is 36.1 Å². The third kappa shape index (κ3) is 5.04. The van der Waals surface area contributed by atoms with Crippen molar-refractivity contribution >= 4 is 5.78 Å². The number of ketones is 1. The molecule has 0 atom stereocenters. The summed E-state index contributed by atoms with van der Waals surface area (Å²) in [7, 11) is 1.63. The van der Waals surface area contributed by atoms with Crippen molar-refractivity contribution < 1.29 is 9.53 Å². The molecule has 0 unspecified atom stereocenters. The second-order valence-corrected chi connectivity index (χ2v) is 3.63. The molecule has 0 amide bonds. The Bertz CT molecular complexity index is 408. The zero-order valence-corrected chi connectivity index (χ0v) is 9.80. The maximum atomic E-state index is 11.2. The number of carbonyl (C=O) groups excluding carboxylic acids is 1. The molecule has 1 aromatic carbocycles. The van der Waals surface area contributed by atoms with Gasteiger partial charge < -0.3 is 4.74 Å². The monoisotopic (exact) mass is 233 g/mol. The number of ether oxygens (including phenoxy) is 1.